The van der Waals surface area contributed by atoms with E-state index >= 15 is 0 Å². The molecule has 0 aromatic carbocycles. The first kappa shape index (κ1) is 14.7. The van der Waals surface area contributed by atoms with Gasteiger partial charge in [0.25, 0.3) is 0 Å². The van der Waals surface area contributed by atoms with Gasteiger partial charge in [0.05, 0.1) is 11.4 Å². The van der Waals surface area contributed by atoms with Crippen LogP contribution in [0.15, 0.2) is 18.2 Å². The Bertz CT molecular complexity index is 605. The Kier molecular flexibility index (Phi) is 3.95. The maximum absolute atomic E-state index is 4.70. The molecule has 0 amide bonds. The van der Waals surface area contributed by atoms with Crippen molar-refractivity contribution in [2.45, 2.75) is 53.6 Å². The first-order chi connectivity index (χ1) is 9.28. The minimum Gasteiger partial charge on any atom is -0.306 e. The Balaban J connectivity index is 2.28. The van der Waals surface area contributed by atoms with Crippen LogP contribution in [0, 0.1) is 20.8 Å². The number of hydrogen-bond acceptors (Lipinski definition) is 3. The van der Waals surface area contributed by atoms with E-state index in [1.165, 1.54) is 5.56 Å². The summed E-state index contributed by atoms with van der Waals surface area (Å²) < 4.78 is 1.92. The highest BCUT2D eigenvalue weighted by Gasteiger charge is 2.12. The molecule has 0 atom stereocenters. The topological polar surface area (TPSA) is 42.7 Å². The monoisotopic (exact) mass is 272 g/mol. The van der Waals surface area contributed by atoms with Crippen LogP contribution in [0.2, 0.25) is 0 Å². The number of nitrogens with zero attached hydrogens (tertiary/aromatic N) is 3. The van der Waals surface area contributed by atoms with E-state index in [-0.39, 0.29) is 5.54 Å². The lowest BCUT2D eigenvalue weighted by molar-refractivity contribution is 0.421. The highest BCUT2D eigenvalue weighted by molar-refractivity contribution is 5.32. The average Bonchev–Trinajstić information content (AvgIpc) is 2.64. The average molecular weight is 272 g/mol. The van der Waals surface area contributed by atoms with Gasteiger partial charge in [-0.15, -0.1) is 0 Å². The van der Waals surface area contributed by atoms with Crippen molar-refractivity contribution in [1.82, 2.24) is 20.1 Å². The normalized spacial score (nSPS) is 11.9. The van der Waals surface area contributed by atoms with Gasteiger partial charge in [0.2, 0.25) is 0 Å². The lowest BCUT2D eigenvalue weighted by atomic mass is 10.1. The maximum Gasteiger partial charge on any atom is 0.153 e. The van der Waals surface area contributed by atoms with Crippen molar-refractivity contribution in [3.05, 3.63) is 40.8 Å². The predicted octanol–water partition coefficient (Wildman–Crippen LogP) is 3.08. The van der Waals surface area contributed by atoms with Crippen LogP contribution in [0.1, 0.15) is 43.4 Å². The Morgan fingerprint density at radius 1 is 1.15 bits per heavy atom. The van der Waals surface area contributed by atoms with E-state index in [2.05, 4.69) is 45.0 Å². The van der Waals surface area contributed by atoms with Crippen molar-refractivity contribution in [2.24, 2.45) is 0 Å². The van der Waals surface area contributed by atoms with Crippen molar-refractivity contribution < 1.29 is 0 Å². The molecule has 2 rings (SSSR count). The van der Waals surface area contributed by atoms with E-state index < -0.39 is 0 Å². The van der Waals surface area contributed by atoms with Crippen molar-refractivity contribution in [3.8, 4) is 5.82 Å². The van der Waals surface area contributed by atoms with Crippen LogP contribution in [-0.4, -0.2) is 20.3 Å². The molecule has 20 heavy (non-hydrogen) atoms. The molecule has 4 heteroatoms. The van der Waals surface area contributed by atoms with Crippen LogP contribution in [0.25, 0.3) is 5.82 Å². The lowest BCUT2D eigenvalue weighted by Gasteiger charge is -2.20. The summed E-state index contributed by atoms with van der Waals surface area (Å²) in [6.07, 6.45) is 0. The van der Waals surface area contributed by atoms with E-state index in [1.807, 2.05) is 29.8 Å². The second-order valence-corrected chi connectivity index (χ2v) is 6.30. The molecule has 108 valence electrons. The van der Waals surface area contributed by atoms with Gasteiger partial charge in [0.15, 0.2) is 5.82 Å². The molecule has 2 aromatic rings. The standard InChI is InChI=1S/C16H24N4/c1-11-12(2)19-20(13(11)3)15-9-7-8-14(18-15)10-17-16(4,5)6/h7-9,17H,10H2,1-6H3. The van der Waals surface area contributed by atoms with Gasteiger partial charge in [-0.05, 0) is 59.2 Å². The Labute approximate surface area is 121 Å². The van der Waals surface area contributed by atoms with Crippen molar-refractivity contribution in [2.75, 3.05) is 0 Å². The van der Waals surface area contributed by atoms with Gasteiger partial charge in [-0.1, -0.05) is 6.07 Å². The second kappa shape index (κ2) is 5.37. The number of nitrogens with one attached hydrogen (secondary N) is 1. The van der Waals surface area contributed by atoms with Crippen LogP contribution in [0.5, 0.6) is 0 Å². The van der Waals surface area contributed by atoms with Crippen molar-refractivity contribution in [3.63, 3.8) is 0 Å². The molecule has 0 saturated heterocycles. The fraction of sp³-hybridized carbons (Fsp3) is 0.500. The summed E-state index contributed by atoms with van der Waals surface area (Å²) >= 11 is 0. The quantitative estimate of drug-likeness (QED) is 0.933. The lowest BCUT2D eigenvalue weighted by Crippen LogP contribution is -2.35. The molecule has 0 saturated carbocycles. The molecule has 0 spiro atoms. The predicted molar refractivity (Wildman–Crippen MR) is 82.2 cm³/mol. The summed E-state index contributed by atoms with van der Waals surface area (Å²) in [5, 5.41) is 8.02. The van der Waals surface area contributed by atoms with Crippen LogP contribution in [0.3, 0.4) is 0 Å². The van der Waals surface area contributed by atoms with Crippen LogP contribution in [0.4, 0.5) is 0 Å². The first-order valence-electron chi connectivity index (χ1n) is 7.02. The summed E-state index contributed by atoms with van der Waals surface area (Å²) in [5.41, 5.74) is 4.55. The van der Waals surface area contributed by atoms with E-state index in [0.717, 1.165) is 29.4 Å². The van der Waals surface area contributed by atoms with E-state index in [0.29, 0.717) is 0 Å². The zero-order valence-electron chi connectivity index (χ0n) is 13.3. The summed E-state index contributed by atoms with van der Waals surface area (Å²) in [4.78, 5) is 4.70. The number of rotatable bonds is 3. The SMILES string of the molecule is Cc1nn(-c2cccc(CNC(C)(C)C)n2)c(C)c1C. The molecule has 0 unspecified atom stereocenters. The van der Waals surface area contributed by atoms with Crippen molar-refractivity contribution >= 4 is 0 Å². The first-order valence-corrected chi connectivity index (χ1v) is 7.02. The Morgan fingerprint density at radius 3 is 2.40 bits per heavy atom. The summed E-state index contributed by atoms with van der Waals surface area (Å²) in [5.74, 6) is 0.881. The number of pyridine rings is 1. The highest BCUT2D eigenvalue weighted by Crippen LogP contribution is 2.15. The van der Waals surface area contributed by atoms with Gasteiger partial charge < -0.3 is 5.32 Å². The fourth-order valence-electron chi connectivity index (χ4n) is 1.98. The molecule has 0 bridgehead atoms. The Morgan fingerprint density at radius 2 is 1.85 bits per heavy atom. The van der Waals surface area contributed by atoms with Gasteiger partial charge in [-0.3, -0.25) is 0 Å². The summed E-state index contributed by atoms with van der Waals surface area (Å²) in [6.45, 7) is 13.4. The molecule has 0 aliphatic heterocycles. The third-order valence-corrected chi connectivity index (χ3v) is 3.46. The zero-order valence-corrected chi connectivity index (χ0v) is 13.3. The summed E-state index contributed by atoms with van der Waals surface area (Å²) in [6, 6.07) is 6.08. The molecule has 0 aliphatic carbocycles. The largest absolute Gasteiger partial charge is 0.306 e. The molecule has 0 radical (unpaired) electrons. The van der Waals surface area contributed by atoms with Gasteiger partial charge in [-0.2, -0.15) is 5.10 Å². The van der Waals surface area contributed by atoms with Gasteiger partial charge in [-0.25, -0.2) is 9.67 Å². The molecular formula is C16H24N4. The molecule has 4 nitrogen and oxygen atoms in total. The van der Waals surface area contributed by atoms with E-state index in [4.69, 9.17) is 4.98 Å². The van der Waals surface area contributed by atoms with Gasteiger partial charge in [0, 0.05) is 17.8 Å². The number of hydrogen-bond donors (Lipinski definition) is 1. The zero-order chi connectivity index (χ0) is 14.9. The minimum atomic E-state index is 0.0898. The van der Waals surface area contributed by atoms with Crippen LogP contribution >= 0.6 is 0 Å². The van der Waals surface area contributed by atoms with Gasteiger partial charge >= 0.3 is 0 Å². The molecule has 2 aromatic heterocycles. The van der Waals surface area contributed by atoms with Crippen LogP contribution in [-0.2, 0) is 6.54 Å². The molecule has 1 N–H and O–H groups in total. The second-order valence-electron chi connectivity index (χ2n) is 6.30. The molecular weight excluding hydrogens is 248 g/mol. The van der Waals surface area contributed by atoms with Crippen LogP contribution < -0.4 is 5.32 Å². The molecule has 2 heterocycles. The van der Waals surface area contributed by atoms with E-state index in [9.17, 15) is 0 Å². The van der Waals surface area contributed by atoms with Crippen molar-refractivity contribution in [1.29, 1.82) is 0 Å². The maximum atomic E-state index is 4.70. The molecule has 0 aliphatic rings. The minimum absolute atomic E-state index is 0.0898. The number of aryl methyl sites for hydroxylation is 1. The highest BCUT2D eigenvalue weighted by atomic mass is 15.3. The fourth-order valence-corrected chi connectivity index (χ4v) is 1.98. The Hall–Kier alpha value is -1.68. The van der Waals surface area contributed by atoms with E-state index in [1.54, 1.807) is 0 Å². The molecule has 0 fully saturated rings. The smallest absolute Gasteiger partial charge is 0.153 e. The number of aromatic nitrogens is 3. The van der Waals surface area contributed by atoms with Gasteiger partial charge in [0.1, 0.15) is 0 Å². The third-order valence-electron chi connectivity index (χ3n) is 3.46. The summed E-state index contributed by atoms with van der Waals surface area (Å²) in [7, 11) is 0. The third kappa shape index (κ3) is 3.25.